The van der Waals surface area contributed by atoms with Crippen LogP contribution in [0, 0.1) is 0 Å². The molecule has 0 aromatic rings. The highest BCUT2D eigenvalue weighted by Crippen LogP contribution is 2.11. The standard InChI is InChI=1S/C16H26O3/c1-12(2)7-5-8-13(3)9-6-10-14(4)11-15(17)16(18)19/h7,9,11,15,17H,5-6,8,10H2,1-4H3,(H,18,19)/b13-9+,14-11+. The highest BCUT2D eigenvalue weighted by Gasteiger charge is 2.08. The smallest absolute Gasteiger partial charge is 0.336 e. The van der Waals surface area contributed by atoms with Gasteiger partial charge in [0.2, 0.25) is 0 Å². The fourth-order valence-corrected chi connectivity index (χ4v) is 1.66. The van der Waals surface area contributed by atoms with Crippen molar-refractivity contribution in [1.82, 2.24) is 0 Å². The topological polar surface area (TPSA) is 57.5 Å². The number of allylic oxidation sites excluding steroid dienone is 5. The molecule has 0 rings (SSSR count). The van der Waals surface area contributed by atoms with E-state index in [1.807, 2.05) is 6.92 Å². The van der Waals surface area contributed by atoms with Crippen molar-refractivity contribution < 1.29 is 15.0 Å². The Balaban J connectivity index is 4.06. The summed E-state index contributed by atoms with van der Waals surface area (Å²) in [5.41, 5.74) is 3.60. The van der Waals surface area contributed by atoms with Crippen molar-refractivity contribution in [2.75, 3.05) is 0 Å². The number of aliphatic hydroxyl groups excluding tert-OH is 1. The van der Waals surface area contributed by atoms with Gasteiger partial charge in [0, 0.05) is 0 Å². The van der Waals surface area contributed by atoms with Crippen LogP contribution in [0.15, 0.2) is 34.9 Å². The lowest BCUT2D eigenvalue weighted by Gasteiger charge is -2.03. The van der Waals surface area contributed by atoms with E-state index in [1.54, 1.807) is 0 Å². The van der Waals surface area contributed by atoms with Crippen LogP contribution < -0.4 is 0 Å². The zero-order valence-electron chi connectivity index (χ0n) is 12.4. The first-order chi connectivity index (χ1) is 8.82. The maximum atomic E-state index is 10.5. The highest BCUT2D eigenvalue weighted by molar-refractivity contribution is 5.74. The third-order valence-electron chi connectivity index (χ3n) is 2.82. The second kappa shape index (κ2) is 9.56. The van der Waals surface area contributed by atoms with Gasteiger partial charge in [-0.2, -0.15) is 0 Å². The van der Waals surface area contributed by atoms with Crippen LogP contribution in [-0.4, -0.2) is 22.3 Å². The number of carbonyl (C=O) groups is 1. The Morgan fingerprint density at radius 3 is 2.05 bits per heavy atom. The maximum absolute atomic E-state index is 10.5. The van der Waals surface area contributed by atoms with Gasteiger partial charge in [-0.1, -0.05) is 28.9 Å². The van der Waals surface area contributed by atoms with E-state index in [9.17, 15) is 9.90 Å². The lowest BCUT2D eigenvalue weighted by Crippen LogP contribution is -2.16. The largest absolute Gasteiger partial charge is 0.479 e. The molecule has 0 saturated carbocycles. The Morgan fingerprint density at radius 2 is 1.53 bits per heavy atom. The molecule has 0 aliphatic carbocycles. The van der Waals surface area contributed by atoms with Crippen molar-refractivity contribution in [3.63, 3.8) is 0 Å². The van der Waals surface area contributed by atoms with Crippen molar-refractivity contribution in [3.05, 3.63) is 34.9 Å². The Hall–Kier alpha value is -1.35. The minimum Gasteiger partial charge on any atom is -0.479 e. The van der Waals surface area contributed by atoms with Crippen molar-refractivity contribution in [3.8, 4) is 0 Å². The first-order valence-corrected chi connectivity index (χ1v) is 6.70. The van der Waals surface area contributed by atoms with Gasteiger partial charge in [0.05, 0.1) is 0 Å². The van der Waals surface area contributed by atoms with Crippen LogP contribution in [-0.2, 0) is 4.79 Å². The SMILES string of the molecule is CC(C)=CCC/C(C)=C/CC/C(C)=C/C(O)C(=O)O. The van der Waals surface area contributed by atoms with E-state index in [0.717, 1.165) is 31.3 Å². The Kier molecular flexibility index (Phi) is 8.88. The molecule has 3 nitrogen and oxygen atoms in total. The van der Waals surface area contributed by atoms with Gasteiger partial charge in [-0.05, 0) is 59.5 Å². The molecule has 1 atom stereocenters. The third kappa shape index (κ3) is 10.3. The minimum absolute atomic E-state index is 0.782. The summed E-state index contributed by atoms with van der Waals surface area (Å²) in [6.45, 7) is 8.16. The zero-order valence-corrected chi connectivity index (χ0v) is 12.4. The summed E-state index contributed by atoms with van der Waals surface area (Å²) in [4.78, 5) is 10.5. The summed E-state index contributed by atoms with van der Waals surface area (Å²) in [5, 5.41) is 17.8. The molecule has 0 amide bonds. The Morgan fingerprint density at radius 1 is 1.00 bits per heavy atom. The van der Waals surface area contributed by atoms with E-state index in [4.69, 9.17) is 5.11 Å². The molecule has 0 saturated heterocycles. The van der Waals surface area contributed by atoms with E-state index in [1.165, 1.54) is 17.2 Å². The molecule has 1 unspecified atom stereocenters. The van der Waals surface area contributed by atoms with Crippen molar-refractivity contribution in [2.24, 2.45) is 0 Å². The van der Waals surface area contributed by atoms with Crippen LogP contribution in [0.1, 0.15) is 53.4 Å². The third-order valence-corrected chi connectivity index (χ3v) is 2.82. The Bertz CT molecular complexity index is 371. The average molecular weight is 266 g/mol. The molecule has 0 aromatic heterocycles. The van der Waals surface area contributed by atoms with Gasteiger partial charge in [-0.25, -0.2) is 4.79 Å². The van der Waals surface area contributed by atoms with Crippen LogP contribution in [0.3, 0.4) is 0 Å². The average Bonchev–Trinajstić information content (AvgIpc) is 2.28. The molecule has 2 N–H and O–H groups in total. The van der Waals surface area contributed by atoms with Gasteiger partial charge < -0.3 is 10.2 Å². The second-order valence-corrected chi connectivity index (χ2v) is 5.21. The monoisotopic (exact) mass is 266 g/mol. The lowest BCUT2D eigenvalue weighted by molar-refractivity contribution is -0.144. The van der Waals surface area contributed by atoms with Crippen molar-refractivity contribution >= 4 is 5.97 Å². The van der Waals surface area contributed by atoms with Crippen LogP contribution >= 0.6 is 0 Å². The molecule has 19 heavy (non-hydrogen) atoms. The fourth-order valence-electron chi connectivity index (χ4n) is 1.66. The predicted molar refractivity (Wildman–Crippen MR) is 79.1 cm³/mol. The summed E-state index contributed by atoms with van der Waals surface area (Å²) in [5.74, 6) is -1.20. The minimum atomic E-state index is -1.39. The van der Waals surface area contributed by atoms with Gasteiger partial charge in [0.25, 0.3) is 0 Å². The van der Waals surface area contributed by atoms with E-state index in [-0.39, 0.29) is 0 Å². The summed E-state index contributed by atoms with van der Waals surface area (Å²) < 4.78 is 0. The molecule has 0 aliphatic rings. The molecule has 0 heterocycles. The molecule has 0 aromatic carbocycles. The fraction of sp³-hybridized carbons (Fsp3) is 0.562. The van der Waals surface area contributed by atoms with E-state index in [2.05, 4.69) is 32.9 Å². The van der Waals surface area contributed by atoms with E-state index < -0.39 is 12.1 Å². The molecule has 0 radical (unpaired) electrons. The van der Waals surface area contributed by atoms with Crippen LogP contribution in [0.25, 0.3) is 0 Å². The number of rotatable bonds is 8. The molecular weight excluding hydrogens is 240 g/mol. The lowest BCUT2D eigenvalue weighted by atomic mass is 10.1. The van der Waals surface area contributed by atoms with Gasteiger partial charge in [-0.15, -0.1) is 0 Å². The summed E-state index contributed by atoms with van der Waals surface area (Å²) in [6, 6.07) is 0. The number of aliphatic hydroxyl groups is 1. The molecular formula is C16H26O3. The van der Waals surface area contributed by atoms with Crippen molar-refractivity contribution in [1.29, 1.82) is 0 Å². The van der Waals surface area contributed by atoms with Gasteiger partial charge >= 0.3 is 5.97 Å². The molecule has 0 fully saturated rings. The van der Waals surface area contributed by atoms with E-state index >= 15 is 0 Å². The highest BCUT2D eigenvalue weighted by atomic mass is 16.4. The first-order valence-electron chi connectivity index (χ1n) is 6.70. The van der Waals surface area contributed by atoms with E-state index in [0.29, 0.717) is 0 Å². The molecule has 0 bridgehead atoms. The molecule has 108 valence electrons. The first kappa shape index (κ1) is 17.6. The van der Waals surface area contributed by atoms with Gasteiger partial charge in [0.1, 0.15) is 0 Å². The van der Waals surface area contributed by atoms with Crippen LogP contribution in [0.2, 0.25) is 0 Å². The van der Waals surface area contributed by atoms with Crippen LogP contribution in [0.5, 0.6) is 0 Å². The second-order valence-electron chi connectivity index (χ2n) is 5.21. The predicted octanol–water partition coefficient (Wildman–Crippen LogP) is 3.85. The number of hydrogen-bond acceptors (Lipinski definition) is 2. The summed E-state index contributed by atoms with van der Waals surface area (Å²) in [6.07, 6.45) is 8.22. The summed E-state index contributed by atoms with van der Waals surface area (Å²) in [7, 11) is 0. The maximum Gasteiger partial charge on any atom is 0.336 e. The molecule has 3 heteroatoms. The molecule has 0 aliphatic heterocycles. The van der Waals surface area contributed by atoms with Crippen LogP contribution in [0.4, 0.5) is 0 Å². The summed E-state index contributed by atoms with van der Waals surface area (Å²) >= 11 is 0. The number of carboxylic acids is 1. The van der Waals surface area contributed by atoms with Gasteiger partial charge in [0.15, 0.2) is 6.10 Å². The number of aliphatic carboxylic acids is 1. The van der Waals surface area contributed by atoms with Crippen molar-refractivity contribution in [2.45, 2.75) is 59.5 Å². The molecule has 0 spiro atoms. The normalized spacial score (nSPS) is 14.2. The number of carboxylic acid groups (broad SMARTS) is 1. The Labute approximate surface area is 116 Å². The number of hydrogen-bond donors (Lipinski definition) is 2. The van der Waals surface area contributed by atoms with Gasteiger partial charge in [-0.3, -0.25) is 0 Å². The quantitative estimate of drug-likeness (QED) is 0.656. The zero-order chi connectivity index (χ0) is 14.8.